The van der Waals surface area contributed by atoms with E-state index in [2.05, 4.69) is 65.9 Å². The van der Waals surface area contributed by atoms with Crippen LogP contribution in [0.3, 0.4) is 0 Å². The molecule has 1 spiro atoms. The zero-order valence-corrected chi connectivity index (χ0v) is 36.5. The van der Waals surface area contributed by atoms with Crippen LogP contribution >= 0.6 is 11.6 Å². The van der Waals surface area contributed by atoms with Crippen LogP contribution in [0.15, 0.2) is 54.6 Å². The highest BCUT2D eigenvalue weighted by Gasteiger charge is 2.67. The summed E-state index contributed by atoms with van der Waals surface area (Å²) in [6, 6.07) is 18.6. The minimum atomic E-state index is -0.967. The summed E-state index contributed by atoms with van der Waals surface area (Å²) in [5, 5.41) is 11.9. The molecule has 1 atom stereocenters. The van der Waals surface area contributed by atoms with E-state index < -0.39 is 23.8 Å². The van der Waals surface area contributed by atoms with Gasteiger partial charge in [-0.1, -0.05) is 39.3 Å². The molecule has 5 aliphatic heterocycles. The molecule has 1 unspecified atom stereocenters. The molecule has 0 aromatic heterocycles. The van der Waals surface area contributed by atoms with E-state index in [-0.39, 0.29) is 53.0 Å². The fourth-order valence-corrected chi connectivity index (χ4v) is 12.8. The van der Waals surface area contributed by atoms with Crippen molar-refractivity contribution in [2.45, 2.75) is 97.0 Å². The Bertz CT molecular complexity index is 2460. The van der Waals surface area contributed by atoms with Gasteiger partial charge in [0.15, 0.2) is 0 Å². The van der Waals surface area contributed by atoms with E-state index >= 15 is 0 Å². The Morgan fingerprint density at radius 3 is 2.08 bits per heavy atom. The Morgan fingerprint density at radius 1 is 0.758 bits per heavy atom. The number of anilines is 2. The van der Waals surface area contributed by atoms with Crippen molar-refractivity contribution in [3.8, 4) is 11.8 Å². The maximum Gasteiger partial charge on any atom is 0.262 e. The van der Waals surface area contributed by atoms with Gasteiger partial charge in [0.25, 0.3) is 17.7 Å². The third kappa shape index (κ3) is 6.38. The molecule has 5 amide bonds. The van der Waals surface area contributed by atoms with Gasteiger partial charge in [-0.2, -0.15) is 5.26 Å². The van der Waals surface area contributed by atoms with Gasteiger partial charge in [0.2, 0.25) is 11.8 Å². The molecule has 62 heavy (non-hydrogen) atoms. The number of ether oxygens (including phenoxy) is 1. The molecule has 3 aromatic carbocycles. The van der Waals surface area contributed by atoms with Crippen molar-refractivity contribution in [3.63, 3.8) is 0 Å². The SMILES string of the molecule is CC1(C)C(Oc2ccc(C#N)c(Cl)c2)C(C)(C)C1N1Cc2cc(N3CCN(C4CCC5(CC4)CN(c4ccc6c(c4)C(=O)N(C4CCC(=O)NC4=O)C6=O)C5)CC3)ccc2C1=O. The van der Waals surface area contributed by atoms with Crippen molar-refractivity contribution < 1.29 is 28.7 Å². The molecule has 2 aliphatic carbocycles. The molecule has 14 heteroatoms. The van der Waals surface area contributed by atoms with Gasteiger partial charge in [-0.05, 0) is 86.2 Å². The van der Waals surface area contributed by atoms with Gasteiger partial charge >= 0.3 is 0 Å². The van der Waals surface area contributed by atoms with Gasteiger partial charge in [0.05, 0.1) is 21.7 Å². The molecule has 5 heterocycles. The van der Waals surface area contributed by atoms with Gasteiger partial charge in [-0.15, -0.1) is 0 Å². The van der Waals surface area contributed by atoms with Gasteiger partial charge in [-0.25, -0.2) is 0 Å². The van der Waals surface area contributed by atoms with Crippen LogP contribution in [0.25, 0.3) is 0 Å². The molecular weight excluding hydrogens is 806 g/mol. The van der Waals surface area contributed by atoms with Crippen molar-refractivity contribution in [1.82, 2.24) is 20.0 Å². The lowest BCUT2D eigenvalue weighted by atomic mass is 9.49. The highest BCUT2D eigenvalue weighted by Crippen LogP contribution is 2.59. The predicted octanol–water partition coefficient (Wildman–Crippen LogP) is 6.02. The number of imide groups is 2. The average Bonchev–Trinajstić information content (AvgIpc) is 3.68. The lowest BCUT2D eigenvalue weighted by Crippen LogP contribution is -2.74. The molecular formula is C48H52ClN7O6. The summed E-state index contributed by atoms with van der Waals surface area (Å²) in [6.07, 6.45) is 4.70. The van der Waals surface area contributed by atoms with Crippen LogP contribution in [0.5, 0.6) is 5.75 Å². The number of nitrogens with one attached hydrogen (secondary N) is 1. The molecule has 10 rings (SSSR count). The Kier molecular flexibility index (Phi) is 9.54. The summed E-state index contributed by atoms with van der Waals surface area (Å²) in [4.78, 5) is 75.2. The number of hydrogen-bond donors (Lipinski definition) is 1. The molecule has 0 radical (unpaired) electrons. The molecule has 1 N–H and O–H groups in total. The molecule has 5 fully saturated rings. The minimum Gasteiger partial charge on any atom is -0.489 e. The first kappa shape index (κ1) is 40.6. The second-order valence-electron chi connectivity index (χ2n) is 19.9. The summed E-state index contributed by atoms with van der Waals surface area (Å²) < 4.78 is 6.52. The Morgan fingerprint density at radius 2 is 1.42 bits per heavy atom. The number of fused-ring (bicyclic) bond motifs is 2. The summed E-state index contributed by atoms with van der Waals surface area (Å²) >= 11 is 6.32. The Balaban J connectivity index is 0.714. The van der Waals surface area contributed by atoms with Crippen LogP contribution < -0.4 is 19.9 Å². The van der Waals surface area contributed by atoms with Crippen LogP contribution in [-0.4, -0.2) is 108 Å². The second kappa shape index (κ2) is 14.6. The molecule has 2 saturated carbocycles. The lowest BCUT2D eigenvalue weighted by molar-refractivity contribution is -0.199. The molecule has 7 aliphatic rings. The zero-order chi connectivity index (χ0) is 43.5. The van der Waals surface area contributed by atoms with Gasteiger partial charge in [-0.3, -0.25) is 39.1 Å². The number of carbonyl (C=O) groups is 5. The maximum atomic E-state index is 14.0. The number of rotatable bonds is 7. The van der Waals surface area contributed by atoms with Crippen molar-refractivity contribution in [2.24, 2.45) is 16.2 Å². The first-order valence-electron chi connectivity index (χ1n) is 22.0. The number of carbonyl (C=O) groups excluding carboxylic acids is 5. The normalized spacial score (nSPS) is 26.5. The summed E-state index contributed by atoms with van der Waals surface area (Å²) in [5.41, 5.74) is 4.59. The largest absolute Gasteiger partial charge is 0.489 e. The fourth-order valence-electron chi connectivity index (χ4n) is 12.6. The number of hydrogen-bond acceptors (Lipinski definition) is 10. The van der Waals surface area contributed by atoms with Gasteiger partial charge in [0, 0.05) is 104 Å². The molecule has 13 nitrogen and oxygen atoms in total. The van der Waals surface area contributed by atoms with Crippen LogP contribution in [-0.2, 0) is 16.1 Å². The molecule has 0 bridgehead atoms. The monoisotopic (exact) mass is 857 g/mol. The molecule has 3 aromatic rings. The average molecular weight is 858 g/mol. The van der Waals surface area contributed by atoms with Crippen LogP contribution in [0, 0.1) is 27.6 Å². The highest BCUT2D eigenvalue weighted by atomic mass is 35.5. The third-order valence-electron chi connectivity index (χ3n) is 15.4. The summed E-state index contributed by atoms with van der Waals surface area (Å²) in [7, 11) is 0. The Hall–Kier alpha value is -5.45. The van der Waals surface area contributed by atoms with Crippen LogP contribution in [0.1, 0.15) is 108 Å². The quantitative estimate of drug-likeness (QED) is 0.280. The third-order valence-corrected chi connectivity index (χ3v) is 15.7. The first-order valence-corrected chi connectivity index (χ1v) is 22.4. The first-order chi connectivity index (χ1) is 29.6. The van der Waals surface area contributed by atoms with Crippen molar-refractivity contribution in [3.05, 3.63) is 87.4 Å². The summed E-state index contributed by atoms with van der Waals surface area (Å²) in [5.74, 6) is -1.24. The van der Waals surface area contributed by atoms with E-state index in [0.29, 0.717) is 40.0 Å². The van der Waals surface area contributed by atoms with E-state index in [1.54, 1.807) is 30.3 Å². The maximum absolute atomic E-state index is 14.0. The van der Waals surface area contributed by atoms with E-state index in [0.717, 1.165) is 86.7 Å². The summed E-state index contributed by atoms with van der Waals surface area (Å²) in [6.45, 7) is 14.9. The number of benzene rings is 3. The number of halogens is 1. The second-order valence-corrected chi connectivity index (χ2v) is 20.3. The lowest BCUT2D eigenvalue weighted by Gasteiger charge is -2.65. The van der Waals surface area contributed by atoms with E-state index in [9.17, 15) is 29.2 Å². The number of nitrogens with zero attached hydrogens (tertiary/aromatic N) is 6. The number of nitriles is 1. The number of piperidine rings is 1. The zero-order valence-electron chi connectivity index (χ0n) is 35.7. The number of amides is 5. The number of piperazine rings is 1. The predicted molar refractivity (Wildman–Crippen MR) is 232 cm³/mol. The fraction of sp³-hybridized carbons (Fsp3) is 0.500. The van der Waals surface area contributed by atoms with Crippen molar-refractivity contribution in [1.29, 1.82) is 5.26 Å². The van der Waals surface area contributed by atoms with Gasteiger partial charge in [0.1, 0.15) is 24.0 Å². The van der Waals surface area contributed by atoms with Crippen LogP contribution in [0.4, 0.5) is 11.4 Å². The van der Waals surface area contributed by atoms with E-state index in [1.165, 1.54) is 5.69 Å². The van der Waals surface area contributed by atoms with E-state index in [1.807, 2.05) is 17.0 Å². The molecule has 322 valence electrons. The van der Waals surface area contributed by atoms with Gasteiger partial charge < -0.3 is 19.4 Å². The topological polar surface area (TPSA) is 147 Å². The van der Waals surface area contributed by atoms with E-state index in [4.69, 9.17) is 16.3 Å². The minimum absolute atomic E-state index is 0.0324. The highest BCUT2D eigenvalue weighted by molar-refractivity contribution is 6.31. The smallest absolute Gasteiger partial charge is 0.262 e. The van der Waals surface area contributed by atoms with Crippen molar-refractivity contribution in [2.75, 3.05) is 49.1 Å². The molecule has 3 saturated heterocycles. The standard InChI is InChI=1S/C48H52ClN7O6/c1-46(2)44(47(3,4)45(46)62-33-8-5-28(24-50)37(49)23-33)55-25-29-21-31(6-9-34(29)41(55)59)53-19-17-52(18-20-53)30-13-15-48(16-14-30)26-54(27-48)32-7-10-35-36(22-32)43(61)56(42(35)60)38-11-12-39(57)51-40(38)58/h5-10,21-23,30,38,44-45H,11-20,25-27H2,1-4H3,(H,51,57,58). The van der Waals surface area contributed by atoms with Crippen LogP contribution in [0.2, 0.25) is 5.02 Å². The van der Waals surface area contributed by atoms with Crippen molar-refractivity contribution >= 4 is 52.5 Å². The Labute approximate surface area is 366 Å².